The number of hydrogen-bond acceptors (Lipinski definition) is 3. The molecule has 1 fully saturated rings. The van der Waals surface area contributed by atoms with Gasteiger partial charge in [0.2, 0.25) is 0 Å². The van der Waals surface area contributed by atoms with Gasteiger partial charge in [-0.25, -0.2) is 0 Å². The first-order valence-corrected chi connectivity index (χ1v) is 5.88. The van der Waals surface area contributed by atoms with Gasteiger partial charge in [-0.1, -0.05) is 65.8 Å². The molecule has 0 aromatic heterocycles. The highest BCUT2D eigenvalue weighted by molar-refractivity contribution is 6.05. The highest BCUT2D eigenvalue weighted by Gasteiger charge is 2.44. The van der Waals surface area contributed by atoms with Gasteiger partial charge < -0.3 is 9.94 Å². The van der Waals surface area contributed by atoms with Crippen LogP contribution in [0.2, 0.25) is 0 Å². The number of hydrogen-bond donors (Lipinski definition) is 1. The summed E-state index contributed by atoms with van der Waals surface area (Å²) in [6, 6.07) is 19.6. The lowest BCUT2D eigenvalue weighted by Crippen LogP contribution is -2.09. The molecule has 0 saturated carbocycles. The minimum Gasteiger partial charge on any atom is -0.411 e. The Labute approximate surface area is 105 Å². The van der Waals surface area contributed by atoms with Gasteiger partial charge in [0.1, 0.15) is 17.9 Å². The summed E-state index contributed by atoms with van der Waals surface area (Å²) in [6.07, 6.45) is -0.155. The third-order valence-electron chi connectivity index (χ3n) is 3.07. The minimum absolute atomic E-state index is 0.00249. The largest absolute Gasteiger partial charge is 0.411 e. The highest BCUT2D eigenvalue weighted by atomic mass is 16.6. The summed E-state index contributed by atoms with van der Waals surface area (Å²) in [6.45, 7) is 0. The van der Waals surface area contributed by atoms with Crippen LogP contribution in [-0.4, -0.2) is 17.0 Å². The zero-order valence-corrected chi connectivity index (χ0v) is 9.73. The van der Waals surface area contributed by atoms with E-state index in [1.54, 1.807) is 0 Å². The van der Waals surface area contributed by atoms with E-state index in [2.05, 4.69) is 5.16 Å². The topological polar surface area (TPSA) is 45.1 Å². The van der Waals surface area contributed by atoms with E-state index >= 15 is 0 Å². The molecule has 0 bridgehead atoms. The van der Waals surface area contributed by atoms with Crippen LogP contribution in [0.3, 0.4) is 0 Å². The van der Waals surface area contributed by atoms with E-state index in [1.165, 1.54) is 0 Å². The van der Waals surface area contributed by atoms with Gasteiger partial charge >= 0.3 is 0 Å². The molecule has 18 heavy (non-hydrogen) atoms. The SMILES string of the molecule is O/N=C(\c1ccccc1)C1OC1c1ccccc1. The Morgan fingerprint density at radius 3 is 2.17 bits per heavy atom. The molecular formula is C15H13NO2. The van der Waals surface area contributed by atoms with Crippen LogP contribution in [0.4, 0.5) is 0 Å². The monoisotopic (exact) mass is 239 g/mol. The molecule has 3 rings (SSSR count). The second-order valence-corrected chi connectivity index (χ2v) is 4.24. The van der Waals surface area contributed by atoms with Crippen molar-refractivity contribution in [1.82, 2.24) is 0 Å². The lowest BCUT2D eigenvalue weighted by Gasteiger charge is -2.00. The number of nitrogens with zero attached hydrogens (tertiary/aromatic N) is 1. The number of benzene rings is 2. The van der Waals surface area contributed by atoms with Gasteiger partial charge in [-0.2, -0.15) is 0 Å². The third kappa shape index (κ3) is 2.00. The van der Waals surface area contributed by atoms with E-state index in [-0.39, 0.29) is 12.2 Å². The van der Waals surface area contributed by atoms with Crippen molar-refractivity contribution in [3.63, 3.8) is 0 Å². The van der Waals surface area contributed by atoms with E-state index in [9.17, 15) is 0 Å². The zero-order valence-electron chi connectivity index (χ0n) is 9.73. The van der Waals surface area contributed by atoms with E-state index in [4.69, 9.17) is 9.94 Å². The van der Waals surface area contributed by atoms with Crippen molar-refractivity contribution < 1.29 is 9.94 Å². The third-order valence-corrected chi connectivity index (χ3v) is 3.07. The fourth-order valence-corrected chi connectivity index (χ4v) is 2.10. The lowest BCUT2D eigenvalue weighted by atomic mass is 10.0. The Bertz CT molecular complexity index is 551. The van der Waals surface area contributed by atoms with Crippen molar-refractivity contribution in [3.05, 3.63) is 71.8 Å². The van der Waals surface area contributed by atoms with Gasteiger partial charge in [0.15, 0.2) is 0 Å². The molecule has 0 spiro atoms. The first kappa shape index (κ1) is 11.0. The van der Waals surface area contributed by atoms with Crippen molar-refractivity contribution in [1.29, 1.82) is 0 Å². The van der Waals surface area contributed by atoms with Crippen molar-refractivity contribution >= 4 is 5.71 Å². The van der Waals surface area contributed by atoms with E-state index in [0.29, 0.717) is 5.71 Å². The summed E-state index contributed by atoms with van der Waals surface area (Å²) in [5.74, 6) is 0. The Morgan fingerprint density at radius 2 is 1.56 bits per heavy atom. The normalized spacial score (nSPS) is 22.8. The molecule has 2 atom stereocenters. The molecule has 1 N–H and O–H groups in total. The predicted molar refractivity (Wildman–Crippen MR) is 68.8 cm³/mol. The van der Waals surface area contributed by atoms with Crippen LogP contribution < -0.4 is 0 Å². The quantitative estimate of drug-likeness (QED) is 0.387. The Balaban J connectivity index is 1.82. The molecule has 2 aromatic carbocycles. The van der Waals surface area contributed by atoms with Gasteiger partial charge in [-0.05, 0) is 5.56 Å². The Kier molecular flexibility index (Phi) is 2.82. The van der Waals surface area contributed by atoms with Crippen molar-refractivity contribution in [2.45, 2.75) is 12.2 Å². The second kappa shape index (κ2) is 4.63. The van der Waals surface area contributed by atoms with Crippen molar-refractivity contribution in [3.8, 4) is 0 Å². The lowest BCUT2D eigenvalue weighted by molar-refractivity contribution is 0.314. The molecule has 1 heterocycles. The smallest absolute Gasteiger partial charge is 0.135 e. The fraction of sp³-hybridized carbons (Fsp3) is 0.133. The second-order valence-electron chi connectivity index (χ2n) is 4.24. The maximum absolute atomic E-state index is 9.16. The molecule has 1 saturated heterocycles. The summed E-state index contributed by atoms with van der Waals surface area (Å²) >= 11 is 0. The standard InChI is InChI=1S/C15H13NO2/c17-16-13(11-7-3-1-4-8-11)15-14(18-15)12-9-5-2-6-10-12/h1-10,14-15,17H/b16-13+. The summed E-state index contributed by atoms with van der Waals surface area (Å²) in [5.41, 5.74) is 2.59. The maximum Gasteiger partial charge on any atom is 0.135 e. The van der Waals surface area contributed by atoms with Gasteiger partial charge in [0.05, 0.1) is 0 Å². The molecule has 3 nitrogen and oxygen atoms in total. The summed E-state index contributed by atoms with van der Waals surface area (Å²) in [7, 11) is 0. The van der Waals surface area contributed by atoms with Crippen molar-refractivity contribution in [2.75, 3.05) is 0 Å². The molecular weight excluding hydrogens is 226 g/mol. The van der Waals surface area contributed by atoms with Gasteiger partial charge in [-0.15, -0.1) is 0 Å². The van der Waals surface area contributed by atoms with E-state index in [1.807, 2.05) is 60.7 Å². The molecule has 2 aromatic rings. The number of ether oxygens (including phenoxy) is 1. The van der Waals surface area contributed by atoms with Gasteiger partial charge in [-0.3, -0.25) is 0 Å². The van der Waals surface area contributed by atoms with Crippen LogP contribution in [0, 0.1) is 0 Å². The molecule has 90 valence electrons. The molecule has 1 aliphatic rings. The average Bonchev–Trinajstić information content (AvgIpc) is 3.22. The summed E-state index contributed by atoms with van der Waals surface area (Å²) in [5, 5.41) is 12.6. The van der Waals surface area contributed by atoms with Gasteiger partial charge in [0, 0.05) is 5.56 Å². The fourth-order valence-electron chi connectivity index (χ4n) is 2.10. The summed E-state index contributed by atoms with van der Waals surface area (Å²) in [4.78, 5) is 0. The molecule has 2 unspecified atom stereocenters. The van der Waals surface area contributed by atoms with E-state index in [0.717, 1.165) is 11.1 Å². The molecule has 0 aliphatic carbocycles. The van der Waals surface area contributed by atoms with Gasteiger partial charge in [0.25, 0.3) is 0 Å². The van der Waals surface area contributed by atoms with Crippen LogP contribution >= 0.6 is 0 Å². The van der Waals surface area contributed by atoms with Crippen LogP contribution in [-0.2, 0) is 4.74 Å². The van der Waals surface area contributed by atoms with Crippen LogP contribution in [0.1, 0.15) is 17.2 Å². The van der Waals surface area contributed by atoms with Crippen LogP contribution in [0.5, 0.6) is 0 Å². The highest BCUT2D eigenvalue weighted by Crippen LogP contribution is 2.40. The predicted octanol–water partition coefficient (Wildman–Crippen LogP) is 3.01. The summed E-state index contributed by atoms with van der Waals surface area (Å²) < 4.78 is 5.62. The molecule has 0 amide bonds. The number of epoxide rings is 1. The molecule has 1 aliphatic heterocycles. The van der Waals surface area contributed by atoms with Crippen molar-refractivity contribution in [2.24, 2.45) is 5.16 Å². The Morgan fingerprint density at radius 1 is 0.944 bits per heavy atom. The Hall–Kier alpha value is -2.13. The van der Waals surface area contributed by atoms with Crippen LogP contribution in [0.25, 0.3) is 0 Å². The van der Waals surface area contributed by atoms with Crippen LogP contribution in [0.15, 0.2) is 65.8 Å². The maximum atomic E-state index is 9.16. The van der Waals surface area contributed by atoms with E-state index < -0.39 is 0 Å². The first-order valence-electron chi connectivity index (χ1n) is 5.88. The zero-order chi connectivity index (χ0) is 12.4. The number of oxime groups is 1. The number of rotatable bonds is 3. The minimum atomic E-state index is -0.153. The molecule has 3 heteroatoms. The average molecular weight is 239 g/mol. The first-order chi connectivity index (χ1) is 8.90. The molecule has 0 radical (unpaired) electrons.